The lowest BCUT2D eigenvalue weighted by atomic mass is 10.0. The van der Waals surface area contributed by atoms with Gasteiger partial charge in [-0.2, -0.15) is 0 Å². The van der Waals surface area contributed by atoms with Crippen LogP contribution in [0.25, 0.3) is 0 Å². The Labute approximate surface area is 75.9 Å². The highest BCUT2D eigenvalue weighted by Crippen LogP contribution is 2.28. The third-order valence-corrected chi connectivity index (χ3v) is 2.90. The van der Waals surface area contributed by atoms with Gasteiger partial charge in [-0.25, -0.2) is 0 Å². The molecule has 0 radical (unpaired) electrons. The first-order chi connectivity index (χ1) is 5.77. The minimum absolute atomic E-state index is 0.238. The van der Waals surface area contributed by atoms with Crippen molar-refractivity contribution < 1.29 is 0 Å². The van der Waals surface area contributed by atoms with Gasteiger partial charge >= 0.3 is 0 Å². The van der Waals surface area contributed by atoms with Crippen LogP contribution in [0.5, 0.6) is 0 Å². The quantitative estimate of drug-likeness (QED) is 0.632. The van der Waals surface area contributed by atoms with Crippen molar-refractivity contribution in [1.82, 2.24) is 5.32 Å². The molecule has 1 rings (SSSR count). The molecule has 0 bridgehead atoms. The van der Waals surface area contributed by atoms with Crippen molar-refractivity contribution in [2.45, 2.75) is 51.6 Å². The third kappa shape index (κ3) is 2.25. The van der Waals surface area contributed by atoms with Crippen molar-refractivity contribution >= 4 is 0 Å². The molecule has 0 heterocycles. The smallest absolute Gasteiger partial charge is 0.0660 e. The van der Waals surface area contributed by atoms with E-state index in [9.17, 15) is 0 Å². The highest BCUT2D eigenvalue weighted by molar-refractivity contribution is 4.98. The maximum absolute atomic E-state index is 5.32. The van der Waals surface area contributed by atoms with Crippen LogP contribution in [0.15, 0.2) is 0 Å². The molecule has 1 N–H and O–H groups in total. The first-order valence-electron chi connectivity index (χ1n) is 5.00. The van der Waals surface area contributed by atoms with Gasteiger partial charge in [0, 0.05) is 6.04 Å². The summed E-state index contributed by atoms with van der Waals surface area (Å²) in [6, 6.07) is 0.920. The van der Waals surface area contributed by atoms with Gasteiger partial charge in [0.05, 0.1) is 6.04 Å². The lowest BCUT2D eigenvalue weighted by molar-refractivity contribution is 0.380. The third-order valence-electron chi connectivity index (χ3n) is 2.90. The van der Waals surface area contributed by atoms with Gasteiger partial charge in [0.2, 0.25) is 0 Å². The number of rotatable bonds is 3. The topological polar surface area (TPSA) is 12.0 Å². The molecule has 3 atom stereocenters. The van der Waals surface area contributed by atoms with Gasteiger partial charge in [-0.05, 0) is 25.7 Å². The van der Waals surface area contributed by atoms with Crippen LogP contribution in [0.3, 0.4) is 0 Å². The van der Waals surface area contributed by atoms with Crippen LogP contribution in [0.2, 0.25) is 0 Å². The second-order valence-corrected chi connectivity index (χ2v) is 3.76. The molecule has 1 saturated carbocycles. The van der Waals surface area contributed by atoms with Crippen molar-refractivity contribution in [2.24, 2.45) is 5.92 Å². The average molecular weight is 165 g/mol. The largest absolute Gasteiger partial charge is 0.301 e. The van der Waals surface area contributed by atoms with E-state index in [2.05, 4.69) is 25.1 Å². The summed E-state index contributed by atoms with van der Waals surface area (Å²) in [5, 5.41) is 3.49. The minimum atomic E-state index is 0.238. The zero-order chi connectivity index (χ0) is 8.97. The first kappa shape index (κ1) is 9.61. The van der Waals surface area contributed by atoms with Crippen LogP contribution < -0.4 is 5.32 Å². The van der Waals surface area contributed by atoms with Crippen molar-refractivity contribution in [3.05, 3.63) is 0 Å². The maximum Gasteiger partial charge on any atom is 0.0660 e. The summed E-state index contributed by atoms with van der Waals surface area (Å²) in [6.45, 7) is 4.33. The van der Waals surface area contributed by atoms with Crippen LogP contribution >= 0.6 is 0 Å². The SMILES string of the molecule is C#CC(C)NC1CCCC1CC. The first-order valence-corrected chi connectivity index (χ1v) is 5.00. The fourth-order valence-electron chi connectivity index (χ4n) is 2.11. The Kier molecular flexibility index (Phi) is 3.62. The van der Waals surface area contributed by atoms with Crippen LogP contribution in [0.1, 0.15) is 39.5 Å². The number of terminal acetylenes is 1. The van der Waals surface area contributed by atoms with Gasteiger partial charge in [0.1, 0.15) is 0 Å². The van der Waals surface area contributed by atoms with Gasteiger partial charge in [0.25, 0.3) is 0 Å². The standard InChI is InChI=1S/C11H19N/c1-4-9(3)12-11-8-6-7-10(11)5-2/h1,9-12H,5-8H2,2-3H3. The maximum atomic E-state index is 5.32. The Morgan fingerprint density at radius 3 is 2.92 bits per heavy atom. The molecule has 0 amide bonds. The Morgan fingerprint density at radius 2 is 2.33 bits per heavy atom. The molecule has 3 unspecified atom stereocenters. The van der Waals surface area contributed by atoms with Gasteiger partial charge < -0.3 is 5.32 Å². The van der Waals surface area contributed by atoms with Gasteiger partial charge in [-0.3, -0.25) is 0 Å². The van der Waals surface area contributed by atoms with Crippen LogP contribution in [0.4, 0.5) is 0 Å². The van der Waals surface area contributed by atoms with E-state index in [1.54, 1.807) is 0 Å². The molecule has 1 aliphatic rings. The molecule has 1 heteroatoms. The highest BCUT2D eigenvalue weighted by Gasteiger charge is 2.25. The summed E-state index contributed by atoms with van der Waals surface area (Å²) in [6.07, 6.45) is 10.7. The Balaban J connectivity index is 2.36. The second-order valence-electron chi connectivity index (χ2n) is 3.76. The molecule has 12 heavy (non-hydrogen) atoms. The molecule has 0 aromatic rings. The number of hydrogen-bond donors (Lipinski definition) is 1. The predicted octanol–water partition coefficient (Wildman–Crippen LogP) is 2.18. The van der Waals surface area contributed by atoms with Crippen molar-refractivity contribution in [1.29, 1.82) is 0 Å². The summed E-state index contributed by atoms with van der Waals surface area (Å²) in [5.41, 5.74) is 0. The molecule has 0 aliphatic heterocycles. The van der Waals surface area contributed by atoms with Gasteiger partial charge in [0.15, 0.2) is 0 Å². The molecule has 0 saturated heterocycles. The number of hydrogen-bond acceptors (Lipinski definition) is 1. The molecule has 0 spiro atoms. The van der Waals surface area contributed by atoms with Crippen LogP contribution in [-0.2, 0) is 0 Å². The van der Waals surface area contributed by atoms with E-state index < -0.39 is 0 Å². The monoisotopic (exact) mass is 165 g/mol. The van der Waals surface area contributed by atoms with Crippen LogP contribution in [0, 0.1) is 18.3 Å². The summed E-state index contributed by atoms with van der Waals surface area (Å²) >= 11 is 0. The summed E-state index contributed by atoms with van der Waals surface area (Å²) in [4.78, 5) is 0. The zero-order valence-corrected chi connectivity index (χ0v) is 8.14. The molecular weight excluding hydrogens is 146 g/mol. The summed E-state index contributed by atoms with van der Waals surface area (Å²) in [5.74, 6) is 3.59. The van der Waals surface area contributed by atoms with Gasteiger partial charge in [-0.15, -0.1) is 6.42 Å². The Morgan fingerprint density at radius 1 is 1.58 bits per heavy atom. The summed E-state index contributed by atoms with van der Waals surface area (Å²) < 4.78 is 0. The molecule has 1 fully saturated rings. The average Bonchev–Trinajstić information content (AvgIpc) is 2.51. The molecule has 0 aromatic heterocycles. The van der Waals surface area contributed by atoms with Crippen molar-refractivity contribution in [3.8, 4) is 12.3 Å². The molecule has 1 nitrogen and oxygen atoms in total. The Bertz CT molecular complexity index is 168. The lowest BCUT2D eigenvalue weighted by Crippen LogP contribution is -2.37. The summed E-state index contributed by atoms with van der Waals surface area (Å²) in [7, 11) is 0. The van der Waals surface area contributed by atoms with E-state index in [1.807, 2.05) is 0 Å². The molecule has 1 aliphatic carbocycles. The number of nitrogens with one attached hydrogen (secondary N) is 1. The predicted molar refractivity (Wildman–Crippen MR) is 52.9 cm³/mol. The van der Waals surface area contributed by atoms with E-state index in [4.69, 9.17) is 6.42 Å². The van der Waals surface area contributed by atoms with E-state index >= 15 is 0 Å². The van der Waals surface area contributed by atoms with E-state index in [0.717, 1.165) is 5.92 Å². The minimum Gasteiger partial charge on any atom is -0.301 e. The molecule has 0 aromatic carbocycles. The van der Waals surface area contributed by atoms with E-state index in [0.29, 0.717) is 6.04 Å². The van der Waals surface area contributed by atoms with Crippen molar-refractivity contribution in [2.75, 3.05) is 0 Å². The second kappa shape index (κ2) is 4.52. The van der Waals surface area contributed by atoms with E-state index in [1.165, 1.54) is 25.7 Å². The van der Waals surface area contributed by atoms with Gasteiger partial charge in [-0.1, -0.05) is 25.7 Å². The highest BCUT2D eigenvalue weighted by atomic mass is 14.9. The fraction of sp³-hybridized carbons (Fsp3) is 0.818. The van der Waals surface area contributed by atoms with Crippen molar-refractivity contribution in [3.63, 3.8) is 0 Å². The lowest BCUT2D eigenvalue weighted by Gasteiger charge is -2.21. The normalized spacial score (nSPS) is 31.4. The van der Waals surface area contributed by atoms with E-state index in [-0.39, 0.29) is 6.04 Å². The zero-order valence-electron chi connectivity index (χ0n) is 8.14. The molecular formula is C11H19N. The Hall–Kier alpha value is -0.480. The molecule has 68 valence electrons. The fourth-order valence-corrected chi connectivity index (χ4v) is 2.11. The van der Waals surface area contributed by atoms with Crippen LogP contribution in [-0.4, -0.2) is 12.1 Å².